The molecule has 1 rings (SSSR count). The van der Waals surface area contributed by atoms with Crippen LogP contribution in [-0.4, -0.2) is 57.9 Å². The lowest BCUT2D eigenvalue weighted by Crippen LogP contribution is -2.44. The van der Waals surface area contributed by atoms with Crippen molar-refractivity contribution in [1.29, 1.82) is 0 Å². The van der Waals surface area contributed by atoms with Crippen LogP contribution in [0.5, 0.6) is 0 Å². The summed E-state index contributed by atoms with van der Waals surface area (Å²) in [5.74, 6) is 0. The van der Waals surface area contributed by atoms with Gasteiger partial charge in [-0.05, 0) is 37.3 Å². The average Bonchev–Trinajstić information content (AvgIpc) is 3.39. The molecule has 1 aliphatic rings. The van der Waals surface area contributed by atoms with Gasteiger partial charge in [-0.15, -0.1) is 0 Å². The number of thiocarbonyl (C=S) groups is 2. The van der Waals surface area contributed by atoms with Crippen LogP contribution in [0.3, 0.4) is 0 Å². The van der Waals surface area contributed by atoms with Crippen molar-refractivity contribution in [3.8, 4) is 0 Å². The molecule has 1 saturated heterocycles. The van der Waals surface area contributed by atoms with Crippen LogP contribution in [0.1, 0.15) is 181 Å². The van der Waals surface area contributed by atoms with Crippen LogP contribution in [0, 0.1) is 0 Å². The molecule has 2 N–H and O–H groups in total. The van der Waals surface area contributed by atoms with Crippen molar-refractivity contribution in [3.63, 3.8) is 0 Å². The first-order valence-electron chi connectivity index (χ1n) is 18.3. The van der Waals surface area contributed by atoms with E-state index in [9.17, 15) is 10.2 Å². The first-order chi connectivity index (χ1) is 21.0. The van der Waals surface area contributed by atoms with Crippen molar-refractivity contribution < 1.29 is 24.4 Å². The van der Waals surface area contributed by atoms with Crippen LogP contribution in [0.2, 0.25) is 0 Å². The van der Waals surface area contributed by atoms with E-state index in [-0.39, 0.29) is 6.61 Å². The largest absolute Gasteiger partial charge is 0.477 e. The monoisotopic (exact) mass is 644 g/mol. The van der Waals surface area contributed by atoms with E-state index in [0.717, 1.165) is 32.1 Å². The summed E-state index contributed by atoms with van der Waals surface area (Å²) in [5, 5.41) is 21.0. The fourth-order valence-corrected chi connectivity index (χ4v) is 6.47. The summed E-state index contributed by atoms with van der Waals surface area (Å²) in [6, 6.07) is 0. The first kappa shape index (κ1) is 40.7. The molecule has 0 amide bonds. The summed E-state index contributed by atoms with van der Waals surface area (Å²) in [6.07, 6.45) is 30.0. The lowest BCUT2D eigenvalue weighted by Gasteiger charge is -2.27. The number of aliphatic hydroxyl groups excluding tert-OH is 2. The SMILES string of the molecule is CCCCCCCCCCCCCCC(=S)O[C@@H]1[C@H]([C@H](O)CO)OC[C@@H]1OC(=S)CCCCCCCCCCCCCC. The fourth-order valence-electron chi connectivity index (χ4n) is 5.94. The van der Waals surface area contributed by atoms with Crippen molar-refractivity contribution in [3.05, 3.63) is 0 Å². The van der Waals surface area contributed by atoms with Gasteiger partial charge in [0.15, 0.2) is 22.3 Å². The van der Waals surface area contributed by atoms with Crippen molar-refractivity contribution >= 4 is 34.5 Å². The highest BCUT2D eigenvalue weighted by atomic mass is 32.1. The number of ether oxygens (including phenoxy) is 3. The summed E-state index contributed by atoms with van der Waals surface area (Å²) >= 11 is 11.1. The summed E-state index contributed by atoms with van der Waals surface area (Å²) in [5.41, 5.74) is 0. The average molecular weight is 645 g/mol. The van der Waals surface area contributed by atoms with Crippen LogP contribution in [-0.2, 0) is 14.2 Å². The molecule has 7 heteroatoms. The number of rotatable bonds is 30. The number of aliphatic hydroxyl groups is 2. The molecule has 0 unspecified atom stereocenters. The van der Waals surface area contributed by atoms with Crippen molar-refractivity contribution in [2.24, 2.45) is 0 Å². The van der Waals surface area contributed by atoms with Gasteiger partial charge in [-0.3, -0.25) is 0 Å². The Morgan fingerprint density at radius 3 is 1.33 bits per heavy atom. The second-order valence-corrected chi connectivity index (χ2v) is 13.7. The van der Waals surface area contributed by atoms with Gasteiger partial charge in [0.2, 0.25) is 0 Å². The molecule has 254 valence electrons. The van der Waals surface area contributed by atoms with Gasteiger partial charge in [-0.1, -0.05) is 155 Å². The lowest BCUT2D eigenvalue weighted by atomic mass is 10.0. The molecule has 5 nitrogen and oxygen atoms in total. The van der Waals surface area contributed by atoms with Gasteiger partial charge in [0.25, 0.3) is 0 Å². The predicted molar refractivity (Wildman–Crippen MR) is 189 cm³/mol. The van der Waals surface area contributed by atoms with Crippen molar-refractivity contribution in [1.82, 2.24) is 0 Å². The third-order valence-corrected chi connectivity index (χ3v) is 9.33. The van der Waals surface area contributed by atoms with Crippen LogP contribution in [0.25, 0.3) is 0 Å². The van der Waals surface area contributed by atoms with Gasteiger partial charge in [-0.2, -0.15) is 0 Å². The van der Waals surface area contributed by atoms with E-state index < -0.39 is 31.0 Å². The molecule has 1 fully saturated rings. The molecule has 1 heterocycles. The Morgan fingerprint density at radius 1 is 0.605 bits per heavy atom. The molecule has 0 saturated carbocycles. The Hall–Kier alpha value is -0.340. The molecule has 4 atom stereocenters. The zero-order chi connectivity index (χ0) is 31.4. The second-order valence-electron chi connectivity index (χ2n) is 12.8. The van der Waals surface area contributed by atoms with E-state index in [1.165, 1.54) is 128 Å². The van der Waals surface area contributed by atoms with Crippen LogP contribution >= 0.6 is 24.4 Å². The lowest BCUT2D eigenvalue weighted by molar-refractivity contribution is -0.0639. The van der Waals surface area contributed by atoms with E-state index in [0.29, 0.717) is 16.5 Å². The predicted octanol–water partition coefficient (Wildman–Crippen LogP) is 10.3. The van der Waals surface area contributed by atoms with Gasteiger partial charge >= 0.3 is 0 Å². The Morgan fingerprint density at radius 2 is 0.953 bits per heavy atom. The van der Waals surface area contributed by atoms with Crippen molar-refractivity contribution in [2.45, 2.75) is 205 Å². The molecule has 0 aliphatic carbocycles. The zero-order valence-electron chi connectivity index (χ0n) is 28.0. The minimum Gasteiger partial charge on any atom is -0.477 e. The Bertz CT molecular complexity index is 662. The molecule has 1 aliphatic heterocycles. The molecular formula is C36H68O5S2. The maximum atomic E-state index is 10.3. The molecule has 0 radical (unpaired) electrons. The minimum atomic E-state index is -1.04. The van der Waals surface area contributed by atoms with Gasteiger partial charge in [0.05, 0.1) is 13.2 Å². The third kappa shape index (κ3) is 21.9. The van der Waals surface area contributed by atoms with Gasteiger partial charge in [-0.25, -0.2) is 0 Å². The fraction of sp³-hybridized carbons (Fsp3) is 0.944. The van der Waals surface area contributed by atoms with E-state index in [4.69, 9.17) is 38.6 Å². The molecule has 0 aromatic rings. The van der Waals surface area contributed by atoms with Crippen LogP contribution < -0.4 is 0 Å². The molecule has 0 aromatic carbocycles. The molecule has 0 spiro atoms. The number of hydrogen-bond acceptors (Lipinski definition) is 7. The third-order valence-electron chi connectivity index (χ3n) is 8.73. The molecule has 0 bridgehead atoms. The summed E-state index contributed by atoms with van der Waals surface area (Å²) < 4.78 is 18.0. The second kappa shape index (κ2) is 29.1. The normalized spacial score (nSPS) is 19.0. The topological polar surface area (TPSA) is 68.2 Å². The maximum Gasteiger partial charge on any atom is 0.167 e. The van der Waals surface area contributed by atoms with Crippen LogP contribution in [0.15, 0.2) is 0 Å². The van der Waals surface area contributed by atoms with Gasteiger partial charge < -0.3 is 24.4 Å². The summed E-state index contributed by atoms with van der Waals surface area (Å²) in [4.78, 5) is 0. The zero-order valence-corrected chi connectivity index (χ0v) is 29.7. The molecule has 43 heavy (non-hydrogen) atoms. The maximum absolute atomic E-state index is 10.3. The molecule has 0 aromatic heterocycles. The Balaban J connectivity index is 2.20. The Labute approximate surface area is 276 Å². The minimum absolute atomic E-state index is 0.270. The smallest absolute Gasteiger partial charge is 0.167 e. The van der Waals surface area contributed by atoms with Gasteiger partial charge in [0, 0.05) is 12.8 Å². The summed E-state index contributed by atoms with van der Waals surface area (Å²) in [7, 11) is 0. The highest BCUT2D eigenvalue weighted by Gasteiger charge is 2.45. The van der Waals surface area contributed by atoms with E-state index >= 15 is 0 Å². The van der Waals surface area contributed by atoms with Crippen LogP contribution in [0.4, 0.5) is 0 Å². The molecular weight excluding hydrogens is 577 g/mol. The van der Waals surface area contributed by atoms with E-state index in [2.05, 4.69) is 13.8 Å². The number of hydrogen-bond donors (Lipinski definition) is 2. The highest BCUT2D eigenvalue weighted by Crippen LogP contribution is 2.26. The first-order valence-corrected chi connectivity index (χ1v) is 19.1. The van der Waals surface area contributed by atoms with E-state index in [1.54, 1.807) is 0 Å². The number of unbranched alkanes of at least 4 members (excludes halogenated alkanes) is 22. The quantitative estimate of drug-likeness (QED) is 0.0596. The standard InChI is InChI=1S/C36H68O5S2/c1-3-5-7-9-11-13-15-17-19-21-23-25-27-33(42)40-32-30-39-35(31(38)29-37)36(32)41-34(43)28-26-24-22-20-18-16-14-12-10-8-6-4-2/h31-32,35-38H,3-30H2,1-2H3/t31-,32+,35+,36+/m1/s1. The highest BCUT2D eigenvalue weighted by molar-refractivity contribution is 7.80. The Kier molecular flexibility index (Phi) is 27.5. The van der Waals surface area contributed by atoms with Gasteiger partial charge in [0.1, 0.15) is 12.2 Å². The van der Waals surface area contributed by atoms with E-state index in [1.807, 2.05) is 0 Å². The summed E-state index contributed by atoms with van der Waals surface area (Å²) in [6.45, 7) is 4.41. The van der Waals surface area contributed by atoms with Crippen molar-refractivity contribution in [2.75, 3.05) is 13.2 Å².